The van der Waals surface area contributed by atoms with Gasteiger partial charge in [-0.1, -0.05) is 25.7 Å². The van der Waals surface area contributed by atoms with Crippen LogP contribution in [0.2, 0.25) is 0 Å². The van der Waals surface area contributed by atoms with E-state index in [9.17, 15) is 19.4 Å². The second-order valence-corrected chi connectivity index (χ2v) is 14.4. The summed E-state index contributed by atoms with van der Waals surface area (Å²) in [7, 11) is -0.0159. The SMILES string of the molecule is Cc1nccn1P(=O)(O)OC[C@H]1O[C@@H](n2cc(C#CCCC(=O)OCC3CN(C)C(CC(C)C)CN3C)c3c(N)ncnc32)C[C@H]1O. The van der Waals surface area contributed by atoms with Crippen molar-refractivity contribution < 1.29 is 33.4 Å². The summed E-state index contributed by atoms with van der Waals surface area (Å²) >= 11 is 0. The van der Waals surface area contributed by atoms with E-state index in [-0.39, 0.29) is 43.7 Å². The Bertz CT molecular complexity index is 1670. The van der Waals surface area contributed by atoms with Crippen molar-refractivity contribution in [1.82, 2.24) is 33.7 Å². The number of aryl methyl sites for hydroxylation is 1. The number of anilines is 1. The van der Waals surface area contributed by atoms with Gasteiger partial charge in [0.2, 0.25) is 0 Å². The molecule has 0 radical (unpaired) electrons. The maximum Gasteiger partial charge on any atom is 0.437 e. The van der Waals surface area contributed by atoms with Crippen LogP contribution < -0.4 is 5.73 Å². The molecule has 4 N–H and O–H groups in total. The van der Waals surface area contributed by atoms with Crippen molar-refractivity contribution in [3.8, 4) is 11.8 Å². The molecule has 2 aliphatic heterocycles. The number of nitrogens with two attached hydrogens (primary N) is 1. The lowest BCUT2D eigenvalue weighted by molar-refractivity contribution is -0.146. The molecule has 15 nitrogen and oxygen atoms in total. The number of ether oxygens (including phenoxy) is 2. The first kappa shape index (κ1) is 35.0. The molecule has 0 bridgehead atoms. The molecule has 5 rings (SSSR count). The van der Waals surface area contributed by atoms with Crippen LogP contribution in [0.15, 0.2) is 24.9 Å². The number of esters is 1. The lowest BCUT2D eigenvalue weighted by Gasteiger charge is -2.43. The smallest absolute Gasteiger partial charge is 0.437 e. The minimum Gasteiger partial charge on any atom is -0.464 e. The van der Waals surface area contributed by atoms with Crippen molar-refractivity contribution in [2.24, 2.45) is 5.92 Å². The van der Waals surface area contributed by atoms with Crippen molar-refractivity contribution >= 4 is 30.6 Å². The maximum absolute atomic E-state index is 12.7. The zero-order chi connectivity index (χ0) is 33.9. The molecule has 3 unspecified atom stereocenters. The number of aromatic nitrogens is 5. The second kappa shape index (κ2) is 14.8. The van der Waals surface area contributed by atoms with E-state index in [1.165, 1.54) is 18.7 Å². The van der Waals surface area contributed by atoms with Gasteiger partial charge in [0.1, 0.15) is 42.6 Å². The third-order valence-electron chi connectivity index (χ3n) is 8.73. The van der Waals surface area contributed by atoms with E-state index in [2.05, 4.69) is 64.5 Å². The summed E-state index contributed by atoms with van der Waals surface area (Å²) in [5.41, 5.74) is 7.20. The lowest BCUT2D eigenvalue weighted by Crippen LogP contribution is -2.57. The predicted molar refractivity (Wildman–Crippen MR) is 174 cm³/mol. The Hall–Kier alpha value is -3.35. The van der Waals surface area contributed by atoms with E-state index >= 15 is 0 Å². The fraction of sp³-hybridized carbons (Fsp3) is 0.613. The quantitative estimate of drug-likeness (QED) is 0.153. The van der Waals surface area contributed by atoms with Gasteiger partial charge in [-0.3, -0.25) is 14.2 Å². The highest BCUT2D eigenvalue weighted by Crippen LogP contribution is 2.45. The number of hydrogen-bond donors (Lipinski definition) is 3. The van der Waals surface area contributed by atoms with Gasteiger partial charge in [-0.2, -0.15) is 0 Å². The lowest BCUT2D eigenvalue weighted by atomic mass is 9.99. The molecule has 2 fully saturated rings. The number of nitrogen functional groups attached to an aromatic ring is 1. The number of likely N-dealkylation sites (N-methyl/N-ethyl adjacent to an activating group) is 2. The number of carbonyl (C=O) groups is 1. The Balaban J connectivity index is 1.18. The molecule has 256 valence electrons. The molecule has 2 saturated heterocycles. The van der Waals surface area contributed by atoms with Crippen LogP contribution in [0.25, 0.3) is 11.0 Å². The van der Waals surface area contributed by atoms with Crippen LogP contribution in [0.4, 0.5) is 5.82 Å². The van der Waals surface area contributed by atoms with Crippen molar-refractivity contribution in [3.63, 3.8) is 0 Å². The number of imidazole rings is 1. The summed E-state index contributed by atoms with van der Waals surface area (Å²) in [6.07, 6.45) is 5.00. The highest BCUT2D eigenvalue weighted by atomic mass is 31.2. The molecule has 0 saturated carbocycles. The third-order valence-corrected chi connectivity index (χ3v) is 10.2. The van der Waals surface area contributed by atoms with Gasteiger partial charge in [-0.15, -0.1) is 0 Å². The number of aliphatic hydroxyl groups excluding tert-OH is 1. The number of rotatable bonds is 11. The molecular weight excluding hydrogens is 627 g/mol. The topological polar surface area (TPSA) is 183 Å². The number of nitrogens with zero attached hydrogens (tertiary/aromatic N) is 7. The highest BCUT2D eigenvalue weighted by molar-refractivity contribution is 7.51. The fourth-order valence-electron chi connectivity index (χ4n) is 6.13. The number of piperazine rings is 1. The summed E-state index contributed by atoms with van der Waals surface area (Å²) in [6.45, 7) is 7.85. The van der Waals surface area contributed by atoms with Crippen molar-refractivity contribution in [2.75, 3.05) is 46.1 Å². The normalized spacial score (nSPS) is 25.1. The van der Waals surface area contributed by atoms with E-state index in [4.69, 9.17) is 19.7 Å². The Morgan fingerprint density at radius 1 is 1.19 bits per heavy atom. The molecule has 47 heavy (non-hydrogen) atoms. The van der Waals surface area contributed by atoms with Crippen LogP contribution in [-0.4, -0.2) is 114 Å². The van der Waals surface area contributed by atoms with Gasteiger partial charge < -0.3 is 34.7 Å². The minimum atomic E-state index is -4.23. The first-order chi connectivity index (χ1) is 22.3. The maximum atomic E-state index is 12.7. The summed E-state index contributed by atoms with van der Waals surface area (Å²) in [6, 6.07) is 0.640. The van der Waals surface area contributed by atoms with Gasteiger partial charge in [0, 0.05) is 50.6 Å². The Morgan fingerprint density at radius 2 is 1.94 bits per heavy atom. The van der Waals surface area contributed by atoms with Gasteiger partial charge in [-0.05, 0) is 33.4 Å². The molecule has 0 aliphatic carbocycles. The third kappa shape index (κ3) is 8.21. The van der Waals surface area contributed by atoms with Crippen LogP contribution in [0, 0.1) is 24.7 Å². The van der Waals surface area contributed by atoms with E-state index in [1.807, 2.05) is 0 Å². The zero-order valence-corrected chi connectivity index (χ0v) is 28.4. The summed E-state index contributed by atoms with van der Waals surface area (Å²) in [5, 5.41) is 11.2. The highest BCUT2D eigenvalue weighted by Gasteiger charge is 2.38. The molecule has 0 spiro atoms. The number of hydrogen-bond acceptors (Lipinski definition) is 12. The molecule has 5 heterocycles. The average molecular weight is 673 g/mol. The van der Waals surface area contributed by atoms with Crippen LogP contribution in [-0.2, 0) is 23.4 Å². The predicted octanol–water partition coefficient (Wildman–Crippen LogP) is 2.17. The first-order valence-electron chi connectivity index (χ1n) is 15.8. The molecular formula is C31H45N8O7P. The largest absolute Gasteiger partial charge is 0.464 e. The Morgan fingerprint density at radius 3 is 2.66 bits per heavy atom. The van der Waals surface area contributed by atoms with E-state index in [0.717, 1.165) is 23.8 Å². The van der Waals surface area contributed by atoms with Crippen molar-refractivity contribution in [1.29, 1.82) is 0 Å². The van der Waals surface area contributed by atoms with Crippen LogP contribution >= 0.6 is 7.75 Å². The summed E-state index contributed by atoms with van der Waals surface area (Å²) < 4.78 is 32.4. The van der Waals surface area contributed by atoms with Crippen LogP contribution in [0.5, 0.6) is 0 Å². The summed E-state index contributed by atoms with van der Waals surface area (Å²) in [4.78, 5) is 40.0. The van der Waals surface area contributed by atoms with E-state index < -0.39 is 26.2 Å². The van der Waals surface area contributed by atoms with Gasteiger partial charge in [0.05, 0.1) is 36.1 Å². The van der Waals surface area contributed by atoms with Gasteiger partial charge in [0.25, 0.3) is 0 Å². The fourth-order valence-corrected chi connectivity index (χ4v) is 7.24. The average Bonchev–Trinajstić information content (AvgIpc) is 3.72. The van der Waals surface area contributed by atoms with Crippen molar-refractivity contribution in [3.05, 3.63) is 36.3 Å². The molecule has 0 amide bonds. The number of carbonyl (C=O) groups excluding carboxylic acids is 1. The zero-order valence-electron chi connectivity index (χ0n) is 27.5. The monoisotopic (exact) mass is 672 g/mol. The minimum absolute atomic E-state index is 0.143. The van der Waals surface area contributed by atoms with Gasteiger partial charge in [0.15, 0.2) is 0 Å². The van der Waals surface area contributed by atoms with Gasteiger partial charge in [-0.25, -0.2) is 23.9 Å². The first-order valence-corrected chi connectivity index (χ1v) is 17.3. The van der Waals surface area contributed by atoms with E-state index in [0.29, 0.717) is 41.0 Å². The molecule has 6 atom stereocenters. The van der Waals surface area contributed by atoms with Crippen LogP contribution in [0.1, 0.15) is 57.1 Å². The van der Waals surface area contributed by atoms with E-state index in [1.54, 1.807) is 17.7 Å². The molecule has 2 aliphatic rings. The Kier molecular flexibility index (Phi) is 11.0. The molecule has 3 aromatic heterocycles. The van der Waals surface area contributed by atoms with Crippen molar-refractivity contribution in [2.45, 2.75) is 77.0 Å². The molecule has 16 heteroatoms. The molecule has 0 aromatic carbocycles. The summed E-state index contributed by atoms with van der Waals surface area (Å²) in [5.74, 6) is 6.98. The number of fused-ring (bicyclic) bond motifs is 1. The standard InChI is InChI=1S/C31H45N8O7P/c1-20(2)12-23-15-37(5)24(16-36(23)4)17-44-28(41)9-7-6-8-22-14-38(31-29(22)30(32)34-19-35-31)27-13-25(40)26(46-27)18-45-47(42,43)39-11-10-33-21(39)3/h10-11,14,19-20,23-27,40H,7,9,12-13,15-18H2,1-5H3,(H,42,43)(H2,32,34,35)/t23?,24?,25-,26-,27-/m1/s1. The number of aliphatic hydroxyl groups is 1. The second-order valence-electron chi connectivity index (χ2n) is 12.7. The Labute approximate surface area is 274 Å². The molecule has 3 aromatic rings. The van der Waals surface area contributed by atoms with Crippen LogP contribution in [0.3, 0.4) is 0 Å². The van der Waals surface area contributed by atoms with Gasteiger partial charge >= 0.3 is 13.7 Å².